The lowest BCUT2D eigenvalue weighted by Crippen LogP contribution is -2.33. The van der Waals surface area contributed by atoms with Gasteiger partial charge in [-0.15, -0.1) is 0 Å². The molecule has 3 aromatic rings. The van der Waals surface area contributed by atoms with Gasteiger partial charge in [0.1, 0.15) is 17.5 Å². The molecule has 3 rings (SSSR count). The van der Waals surface area contributed by atoms with E-state index in [0.717, 1.165) is 5.56 Å². The summed E-state index contributed by atoms with van der Waals surface area (Å²) in [5.41, 5.74) is 2.17. The number of Topliss-reactive ketones (excluding diaryl/α,β-unsaturated/α-hetero) is 1. The molecule has 0 spiro atoms. The van der Waals surface area contributed by atoms with Gasteiger partial charge in [-0.1, -0.05) is 54.1 Å². The lowest BCUT2D eigenvalue weighted by Gasteiger charge is -2.14. The van der Waals surface area contributed by atoms with Crippen molar-refractivity contribution in [2.75, 3.05) is 6.54 Å². The first-order valence-corrected chi connectivity index (χ1v) is 11.3. The lowest BCUT2D eigenvalue weighted by atomic mass is 9.95. The van der Waals surface area contributed by atoms with Gasteiger partial charge in [0.2, 0.25) is 10.0 Å². The molecule has 0 bridgehead atoms. The topological polar surface area (TPSA) is 76.1 Å². The molecule has 1 aromatic heterocycles. The van der Waals surface area contributed by atoms with Gasteiger partial charge in [0.15, 0.2) is 0 Å². The Balaban J connectivity index is 1.93. The van der Waals surface area contributed by atoms with Gasteiger partial charge >= 0.3 is 6.18 Å². The summed E-state index contributed by atoms with van der Waals surface area (Å²) in [6.45, 7) is -1.69. The zero-order valence-corrected chi connectivity index (χ0v) is 18.1. The highest BCUT2D eigenvalue weighted by Crippen LogP contribution is 2.27. The maximum Gasteiger partial charge on any atom is 0.402 e. The second kappa shape index (κ2) is 9.81. The standard InChI is InChI=1S/C22H18ClF3N2O3S/c23-21-8-4-7-17(28-21)13-18(29)11-16-12-19(32(30,31)27-14-22(24,25)26)9-10-20(16)15-5-2-1-3-6-15/h1-10,12,27H,11,13-14H2. The molecular formula is C22H18ClF3N2O3S. The highest BCUT2D eigenvalue weighted by molar-refractivity contribution is 7.89. The van der Waals surface area contributed by atoms with E-state index in [4.69, 9.17) is 11.6 Å². The summed E-state index contributed by atoms with van der Waals surface area (Å²) in [6, 6.07) is 17.8. The molecule has 0 unspecified atom stereocenters. The summed E-state index contributed by atoms with van der Waals surface area (Å²) in [5, 5.41) is 0.240. The molecule has 5 nitrogen and oxygen atoms in total. The van der Waals surface area contributed by atoms with Crippen molar-refractivity contribution >= 4 is 27.4 Å². The number of ketones is 1. The Morgan fingerprint density at radius 2 is 1.69 bits per heavy atom. The van der Waals surface area contributed by atoms with E-state index < -0.39 is 22.7 Å². The molecule has 168 valence electrons. The molecular weight excluding hydrogens is 465 g/mol. The number of hydrogen-bond donors (Lipinski definition) is 1. The van der Waals surface area contributed by atoms with E-state index in [0.29, 0.717) is 16.8 Å². The van der Waals surface area contributed by atoms with Crippen LogP contribution in [0.4, 0.5) is 13.2 Å². The van der Waals surface area contributed by atoms with Gasteiger partial charge < -0.3 is 0 Å². The first-order chi connectivity index (χ1) is 15.0. The average Bonchev–Trinajstić information content (AvgIpc) is 2.72. The average molecular weight is 483 g/mol. The fourth-order valence-corrected chi connectivity index (χ4v) is 4.31. The Hall–Kier alpha value is -2.75. The van der Waals surface area contributed by atoms with Gasteiger partial charge in [-0.05, 0) is 41.0 Å². The smallest absolute Gasteiger partial charge is 0.299 e. The first-order valence-electron chi connectivity index (χ1n) is 9.41. The van der Waals surface area contributed by atoms with Crippen molar-refractivity contribution in [2.45, 2.75) is 23.9 Å². The van der Waals surface area contributed by atoms with E-state index in [1.165, 1.54) is 22.9 Å². The van der Waals surface area contributed by atoms with Gasteiger partial charge in [0.05, 0.1) is 4.90 Å². The van der Waals surface area contributed by atoms with Gasteiger partial charge in [-0.25, -0.2) is 18.1 Å². The highest BCUT2D eigenvalue weighted by atomic mass is 35.5. The second-order valence-corrected chi connectivity index (χ2v) is 9.12. The van der Waals surface area contributed by atoms with Crippen molar-refractivity contribution in [3.63, 3.8) is 0 Å². The molecule has 0 aliphatic carbocycles. The molecule has 0 atom stereocenters. The van der Waals surface area contributed by atoms with Crippen LogP contribution in [0.1, 0.15) is 11.3 Å². The summed E-state index contributed by atoms with van der Waals surface area (Å²) in [4.78, 5) is 16.4. The van der Waals surface area contributed by atoms with E-state index in [1.807, 2.05) is 0 Å². The third kappa shape index (κ3) is 6.62. The molecule has 2 aromatic carbocycles. The maximum atomic E-state index is 12.7. The summed E-state index contributed by atoms with van der Waals surface area (Å²) in [6.07, 6.45) is -4.86. The van der Waals surface area contributed by atoms with Crippen molar-refractivity contribution in [1.82, 2.24) is 9.71 Å². The zero-order chi connectivity index (χ0) is 23.4. The SMILES string of the molecule is O=C(Cc1cccc(Cl)n1)Cc1cc(S(=O)(=O)NCC(F)(F)F)ccc1-c1ccccc1. The molecule has 0 saturated carbocycles. The predicted octanol–water partition coefficient (Wildman–Crippen LogP) is 4.60. The Labute approximate surface area is 188 Å². The van der Waals surface area contributed by atoms with Crippen LogP contribution in [-0.2, 0) is 27.7 Å². The number of halogens is 4. The predicted molar refractivity (Wildman–Crippen MR) is 115 cm³/mol. The summed E-state index contributed by atoms with van der Waals surface area (Å²) in [5.74, 6) is -0.255. The third-order valence-electron chi connectivity index (χ3n) is 4.47. The molecule has 0 amide bonds. The van der Waals surface area contributed by atoms with Crippen molar-refractivity contribution in [1.29, 1.82) is 0 Å². The lowest BCUT2D eigenvalue weighted by molar-refractivity contribution is -0.121. The van der Waals surface area contributed by atoms with Crippen LogP contribution in [-0.4, -0.2) is 31.9 Å². The first kappa shape index (κ1) is 23.9. The molecule has 0 aliphatic heterocycles. The molecule has 10 heteroatoms. The Morgan fingerprint density at radius 1 is 0.969 bits per heavy atom. The number of nitrogens with zero attached hydrogens (tertiary/aromatic N) is 1. The van der Waals surface area contributed by atoms with Crippen molar-refractivity contribution in [3.05, 3.63) is 83.1 Å². The van der Waals surface area contributed by atoms with E-state index in [-0.39, 0.29) is 28.7 Å². The van der Waals surface area contributed by atoms with Crippen LogP contribution >= 0.6 is 11.6 Å². The normalized spacial score (nSPS) is 12.0. The zero-order valence-electron chi connectivity index (χ0n) is 16.6. The van der Waals surface area contributed by atoms with Crippen LogP contribution in [0.15, 0.2) is 71.6 Å². The fraction of sp³-hybridized carbons (Fsp3) is 0.182. The van der Waals surface area contributed by atoms with Gasteiger partial charge in [-0.3, -0.25) is 4.79 Å². The van der Waals surface area contributed by atoms with Crippen LogP contribution in [0.25, 0.3) is 11.1 Å². The molecule has 0 saturated heterocycles. The minimum atomic E-state index is -4.69. The van der Waals surface area contributed by atoms with E-state index in [9.17, 15) is 26.4 Å². The monoisotopic (exact) mass is 482 g/mol. The maximum absolute atomic E-state index is 12.7. The molecule has 0 radical (unpaired) electrons. The number of pyridine rings is 1. The number of rotatable bonds is 8. The van der Waals surface area contributed by atoms with Crippen LogP contribution in [0.3, 0.4) is 0 Å². The van der Waals surface area contributed by atoms with Crippen LogP contribution in [0.2, 0.25) is 5.15 Å². The van der Waals surface area contributed by atoms with Crippen LogP contribution < -0.4 is 4.72 Å². The Kier molecular flexibility index (Phi) is 7.33. The molecule has 1 heterocycles. The molecule has 0 fully saturated rings. The van der Waals surface area contributed by atoms with E-state index in [2.05, 4.69) is 4.98 Å². The van der Waals surface area contributed by atoms with E-state index in [1.54, 1.807) is 48.5 Å². The van der Waals surface area contributed by atoms with Crippen LogP contribution in [0, 0.1) is 0 Å². The largest absolute Gasteiger partial charge is 0.402 e. The number of carbonyl (C=O) groups is 1. The van der Waals surface area contributed by atoms with Crippen LogP contribution in [0.5, 0.6) is 0 Å². The Bertz CT molecular complexity index is 1220. The van der Waals surface area contributed by atoms with Crippen molar-refractivity contribution in [2.24, 2.45) is 0 Å². The van der Waals surface area contributed by atoms with Crippen molar-refractivity contribution < 1.29 is 26.4 Å². The fourth-order valence-electron chi connectivity index (χ4n) is 3.07. The molecule has 1 N–H and O–H groups in total. The number of aromatic nitrogens is 1. The van der Waals surface area contributed by atoms with E-state index >= 15 is 0 Å². The van der Waals surface area contributed by atoms with Gasteiger partial charge in [0, 0.05) is 18.5 Å². The number of benzene rings is 2. The summed E-state index contributed by atoms with van der Waals surface area (Å²) >= 11 is 5.85. The number of hydrogen-bond acceptors (Lipinski definition) is 4. The highest BCUT2D eigenvalue weighted by Gasteiger charge is 2.30. The summed E-state index contributed by atoms with van der Waals surface area (Å²) in [7, 11) is -4.43. The molecule has 0 aliphatic rings. The summed E-state index contributed by atoms with van der Waals surface area (Å²) < 4.78 is 63.7. The molecule has 32 heavy (non-hydrogen) atoms. The number of nitrogens with one attached hydrogen (secondary N) is 1. The minimum Gasteiger partial charge on any atom is -0.299 e. The van der Waals surface area contributed by atoms with Crippen molar-refractivity contribution in [3.8, 4) is 11.1 Å². The minimum absolute atomic E-state index is 0.0297. The number of sulfonamides is 1. The Morgan fingerprint density at radius 3 is 2.34 bits per heavy atom. The second-order valence-electron chi connectivity index (χ2n) is 6.97. The van der Waals surface area contributed by atoms with Gasteiger partial charge in [-0.2, -0.15) is 13.2 Å². The van der Waals surface area contributed by atoms with Gasteiger partial charge in [0.25, 0.3) is 0 Å². The number of alkyl halides is 3. The number of carbonyl (C=O) groups excluding carboxylic acids is 1. The quantitative estimate of drug-likeness (QED) is 0.476. The third-order valence-corrected chi connectivity index (χ3v) is 6.08.